The molecule has 0 bridgehead atoms. The molecule has 7 nitrogen and oxygen atoms in total. The fourth-order valence-corrected chi connectivity index (χ4v) is 4.90. The maximum Gasteiger partial charge on any atom is 0.416 e. The van der Waals surface area contributed by atoms with Crippen LogP contribution in [0.2, 0.25) is 0 Å². The quantitative estimate of drug-likeness (QED) is 0.449. The van der Waals surface area contributed by atoms with Crippen molar-refractivity contribution in [2.24, 2.45) is 0 Å². The minimum Gasteiger partial charge on any atom is -0.491 e. The van der Waals surface area contributed by atoms with Crippen LogP contribution in [0.4, 0.5) is 13.2 Å². The van der Waals surface area contributed by atoms with Gasteiger partial charge in [0.2, 0.25) is 0 Å². The number of nitrogens with one attached hydrogen (secondary N) is 1. The van der Waals surface area contributed by atoms with E-state index in [1.165, 1.54) is 12.1 Å². The Kier molecular flexibility index (Phi) is 8.45. The van der Waals surface area contributed by atoms with Gasteiger partial charge in [0.25, 0.3) is 5.91 Å². The van der Waals surface area contributed by atoms with Gasteiger partial charge in [-0.1, -0.05) is 0 Å². The third kappa shape index (κ3) is 7.16. The van der Waals surface area contributed by atoms with Crippen LogP contribution < -0.4 is 10.1 Å². The molecule has 0 radical (unpaired) electrons. The van der Waals surface area contributed by atoms with E-state index in [1.807, 2.05) is 25.1 Å². The number of hydrogen-bond donors (Lipinski definition) is 2. The first-order chi connectivity index (χ1) is 17.2. The van der Waals surface area contributed by atoms with E-state index in [9.17, 15) is 23.1 Å². The van der Waals surface area contributed by atoms with Crippen molar-refractivity contribution in [2.75, 3.05) is 52.4 Å². The van der Waals surface area contributed by atoms with Crippen LogP contribution >= 0.6 is 11.3 Å². The van der Waals surface area contributed by atoms with E-state index < -0.39 is 23.8 Å². The summed E-state index contributed by atoms with van der Waals surface area (Å²) in [6.45, 7) is 6.88. The molecule has 1 unspecified atom stereocenters. The number of aliphatic hydroxyl groups excluding tert-OH is 1. The molecule has 1 saturated heterocycles. The SMILES string of the molecule is Cc1nc2cc(OCC(O)CN3CCN(CCNC(=O)c4ccc(C(F)(F)F)cc4)CC3)ccc2s1. The minimum atomic E-state index is -4.42. The number of carbonyl (C=O) groups excluding carboxylic acids is 1. The first kappa shape index (κ1) is 26.3. The Morgan fingerprint density at radius 2 is 1.83 bits per heavy atom. The molecule has 2 aromatic carbocycles. The molecule has 1 aliphatic heterocycles. The van der Waals surface area contributed by atoms with Crippen LogP contribution in [0.1, 0.15) is 20.9 Å². The van der Waals surface area contributed by atoms with Crippen LogP contribution in [-0.4, -0.2) is 84.3 Å². The Balaban J connectivity index is 1.12. The minimum absolute atomic E-state index is 0.199. The molecule has 1 aliphatic rings. The maximum atomic E-state index is 12.7. The van der Waals surface area contributed by atoms with Crippen LogP contribution in [-0.2, 0) is 6.18 Å². The Morgan fingerprint density at radius 3 is 2.53 bits per heavy atom. The van der Waals surface area contributed by atoms with Crippen LogP contribution in [0.15, 0.2) is 42.5 Å². The normalized spacial score (nSPS) is 16.2. The number of fused-ring (bicyclic) bond motifs is 1. The molecular weight excluding hydrogens is 493 g/mol. The van der Waals surface area contributed by atoms with Gasteiger partial charge in [0.05, 0.1) is 20.8 Å². The number of ether oxygens (including phenoxy) is 1. The summed E-state index contributed by atoms with van der Waals surface area (Å²) in [4.78, 5) is 21.0. The predicted molar refractivity (Wildman–Crippen MR) is 133 cm³/mol. The van der Waals surface area contributed by atoms with Gasteiger partial charge in [-0.2, -0.15) is 13.2 Å². The molecule has 0 spiro atoms. The molecule has 1 aromatic heterocycles. The number of rotatable bonds is 9. The molecule has 2 N–H and O–H groups in total. The van der Waals surface area contributed by atoms with Crippen molar-refractivity contribution >= 4 is 27.5 Å². The molecule has 1 atom stereocenters. The number of nitrogens with zero attached hydrogens (tertiary/aromatic N) is 3. The lowest BCUT2D eigenvalue weighted by molar-refractivity contribution is -0.137. The molecule has 3 aromatic rings. The Morgan fingerprint density at radius 1 is 1.14 bits per heavy atom. The summed E-state index contributed by atoms with van der Waals surface area (Å²) in [5, 5.41) is 14.2. The number of β-amino-alcohol motifs (C(OH)–C–C–N with tert-alkyl or cyclic N) is 1. The van der Waals surface area contributed by atoms with Crippen LogP contribution in [0.25, 0.3) is 10.2 Å². The number of benzene rings is 2. The van der Waals surface area contributed by atoms with E-state index >= 15 is 0 Å². The molecular formula is C25H29F3N4O3S. The van der Waals surface area contributed by atoms with Crippen molar-refractivity contribution in [3.63, 3.8) is 0 Å². The Bertz CT molecular complexity index is 1160. The lowest BCUT2D eigenvalue weighted by Gasteiger charge is -2.35. The molecule has 36 heavy (non-hydrogen) atoms. The molecule has 0 aliphatic carbocycles. The van der Waals surface area contributed by atoms with Crippen molar-refractivity contribution in [1.29, 1.82) is 0 Å². The first-order valence-electron chi connectivity index (χ1n) is 11.8. The standard InChI is InChI=1S/C25H29F3N4O3S/c1-17-30-22-14-21(6-7-23(22)36-17)35-16-20(33)15-32-12-10-31(11-13-32)9-8-29-24(34)18-2-4-19(5-3-18)25(26,27)28/h2-7,14,20,33H,8-13,15-16H2,1H3,(H,29,34). The van der Waals surface area contributed by atoms with Crippen LogP contribution in [0.3, 0.4) is 0 Å². The summed E-state index contributed by atoms with van der Waals surface area (Å²) in [6.07, 6.45) is -5.04. The lowest BCUT2D eigenvalue weighted by atomic mass is 10.1. The molecule has 4 rings (SSSR count). The average molecular weight is 523 g/mol. The van der Waals surface area contributed by atoms with Gasteiger partial charge in [0.15, 0.2) is 0 Å². The van der Waals surface area contributed by atoms with E-state index in [-0.39, 0.29) is 12.2 Å². The zero-order valence-corrected chi connectivity index (χ0v) is 20.7. The maximum absolute atomic E-state index is 12.7. The summed E-state index contributed by atoms with van der Waals surface area (Å²) in [6, 6.07) is 9.95. The average Bonchev–Trinajstić information content (AvgIpc) is 3.22. The number of hydrogen-bond acceptors (Lipinski definition) is 7. The smallest absolute Gasteiger partial charge is 0.416 e. The summed E-state index contributed by atoms with van der Waals surface area (Å²) in [5.74, 6) is 0.296. The second-order valence-corrected chi connectivity index (χ2v) is 10.0. The lowest BCUT2D eigenvalue weighted by Crippen LogP contribution is -2.50. The van der Waals surface area contributed by atoms with E-state index in [0.717, 1.165) is 53.5 Å². The summed E-state index contributed by atoms with van der Waals surface area (Å²) >= 11 is 1.63. The van der Waals surface area contributed by atoms with E-state index in [4.69, 9.17) is 4.74 Å². The fourth-order valence-electron chi connectivity index (χ4n) is 4.09. The molecule has 2 heterocycles. The highest BCUT2D eigenvalue weighted by Crippen LogP contribution is 2.29. The van der Waals surface area contributed by atoms with Crippen LogP contribution in [0.5, 0.6) is 5.75 Å². The third-order valence-corrected chi connectivity index (χ3v) is 6.98. The second-order valence-electron chi connectivity index (χ2n) is 8.80. The van der Waals surface area contributed by atoms with E-state index in [0.29, 0.717) is 25.4 Å². The van der Waals surface area contributed by atoms with Gasteiger partial charge in [-0.25, -0.2) is 4.98 Å². The Hall–Kier alpha value is -2.73. The van der Waals surface area contributed by atoms with Gasteiger partial charge in [0, 0.05) is 57.4 Å². The highest BCUT2D eigenvalue weighted by atomic mass is 32.1. The van der Waals surface area contributed by atoms with Crippen molar-refractivity contribution in [2.45, 2.75) is 19.2 Å². The monoisotopic (exact) mass is 522 g/mol. The van der Waals surface area contributed by atoms with Crippen molar-refractivity contribution in [3.05, 3.63) is 58.6 Å². The number of thiazole rings is 1. The number of aromatic nitrogens is 1. The largest absolute Gasteiger partial charge is 0.491 e. The van der Waals surface area contributed by atoms with Gasteiger partial charge in [-0.3, -0.25) is 14.6 Å². The van der Waals surface area contributed by atoms with E-state index in [2.05, 4.69) is 20.1 Å². The van der Waals surface area contributed by atoms with Gasteiger partial charge >= 0.3 is 6.18 Å². The first-order valence-corrected chi connectivity index (χ1v) is 12.6. The van der Waals surface area contributed by atoms with Crippen molar-refractivity contribution in [1.82, 2.24) is 20.1 Å². The third-order valence-electron chi connectivity index (χ3n) is 6.03. The van der Waals surface area contributed by atoms with E-state index in [1.54, 1.807) is 11.3 Å². The Labute approximate surface area is 211 Å². The predicted octanol–water partition coefficient (Wildman–Crippen LogP) is 3.41. The molecule has 11 heteroatoms. The van der Waals surface area contributed by atoms with Gasteiger partial charge in [-0.15, -0.1) is 11.3 Å². The highest BCUT2D eigenvalue weighted by molar-refractivity contribution is 7.18. The fraction of sp³-hybridized carbons (Fsp3) is 0.440. The van der Waals surface area contributed by atoms with Gasteiger partial charge in [0.1, 0.15) is 18.5 Å². The number of piperazine rings is 1. The van der Waals surface area contributed by atoms with Crippen molar-refractivity contribution in [3.8, 4) is 5.75 Å². The number of amides is 1. The highest BCUT2D eigenvalue weighted by Gasteiger charge is 2.30. The number of carbonyl (C=O) groups is 1. The molecule has 1 fully saturated rings. The number of halogens is 3. The number of aliphatic hydroxyl groups is 1. The van der Waals surface area contributed by atoms with Crippen molar-refractivity contribution < 1.29 is 27.8 Å². The van der Waals surface area contributed by atoms with Gasteiger partial charge in [-0.05, 0) is 43.3 Å². The second kappa shape index (κ2) is 11.5. The van der Waals surface area contributed by atoms with Crippen LogP contribution in [0, 0.1) is 6.92 Å². The molecule has 194 valence electrons. The molecule has 1 amide bonds. The summed E-state index contributed by atoms with van der Waals surface area (Å²) in [7, 11) is 0. The zero-order valence-electron chi connectivity index (χ0n) is 19.9. The number of aryl methyl sites for hydroxylation is 1. The van der Waals surface area contributed by atoms with Gasteiger partial charge < -0.3 is 15.2 Å². The topological polar surface area (TPSA) is 77.9 Å². The zero-order chi connectivity index (χ0) is 25.7. The molecule has 0 saturated carbocycles. The number of alkyl halides is 3. The summed E-state index contributed by atoms with van der Waals surface area (Å²) < 4.78 is 44.8. The summed E-state index contributed by atoms with van der Waals surface area (Å²) in [5.41, 5.74) is 0.322.